The molecule has 0 spiro atoms. The minimum Gasteiger partial charge on any atom is -0.462 e. The summed E-state index contributed by atoms with van der Waals surface area (Å²) in [6.07, 6.45) is 0. The molecule has 0 saturated carbocycles. The number of benzene rings is 2. The number of rotatable bonds is 9. The molecule has 0 atom stereocenters. The summed E-state index contributed by atoms with van der Waals surface area (Å²) >= 11 is 2.33. The summed E-state index contributed by atoms with van der Waals surface area (Å²) in [7, 11) is 1.75. The summed E-state index contributed by atoms with van der Waals surface area (Å²) in [6, 6.07) is 15.2. The van der Waals surface area contributed by atoms with Crippen LogP contribution in [0.1, 0.15) is 33.3 Å². The number of carbonyl (C=O) groups excluding carboxylic acids is 2. The van der Waals surface area contributed by atoms with Crippen LogP contribution in [-0.4, -0.2) is 52.5 Å². The smallest absolute Gasteiger partial charge is 0.348 e. The molecule has 39 heavy (non-hydrogen) atoms. The predicted molar refractivity (Wildman–Crippen MR) is 150 cm³/mol. The monoisotopic (exact) mass is 565 g/mol. The van der Waals surface area contributed by atoms with E-state index in [1.807, 2.05) is 42.5 Å². The number of thioether (sulfide) groups is 1. The lowest BCUT2D eigenvalue weighted by Gasteiger charge is -2.18. The first-order valence-electron chi connectivity index (χ1n) is 12.4. The SMILES string of the molecule is CCOC(=O)c1sc2nc(SCC(=O)N(C)Cc3ccccc3)n(Cc3ccc4c(c3)OCO4)c(=O)c2c1C. The van der Waals surface area contributed by atoms with E-state index in [2.05, 4.69) is 0 Å². The fourth-order valence-corrected chi connectivity index (χ4v) is 6.30. The summed E-state index contributed by atoms with van der Waals surface area (Å²) in [5.74, 6) is 0.776. The zero-order valence-corrected chi connectivity index (χ0v) is 23.4. The van der Waals surface area contributed by atoms with Gasteiger partial charge in [0.1, 0.15) is 9.71 Å². The molecule has 11 heteroatoms. The Balaban J connectivity index is 1.48. The summed E-state index contributed by atoms with van der Waals surface area (Å²) in [5, 5.41) is 0.768. The number of hydrogen-bond donors (Lipinski definition) is 0. The molecule has 4 aromatic rings. The molecule has 2 aromatic heterocycles. The minimum absolute atomic E-state index is 0.0948. The Bertz CT molecular complexity index is 1600. The number of amides is 1. The maximum absolute atomic E-state index is 13.8. The van der Waals surface area contributed by atoms with Crippen molar-refractivity contribution in [3.63, 3.8) is 0 Å². The van der Waals surface area contributed by atoms with Gasteiger partial charge in [-0.05, 0) is 42.7 Å². The van der Waals surface area contributed by atoms with E-state index >= 15 is 0 Å². The molecule has 1 aliphatic rings. The number of carbonyl (C=O) groups is 2. The number of thiophene rings is 1. The third-order valence-corrected chi connectivity index (χ3v) is 8.39. The molecule has 5 rings (SSSR count). The number of nitrogens with zero attached hydrogens (tertiary/aromatic N) is 3. The molecular formula is C28H27N3O6S2. The Kier molecular flexibility index (Phi) is 7.89. The van der Waals surface area contributed by atoms with E-state index in [0.717, 1.165) is 22.5 Å². The van der Waals surface area contributed by atoms with E-state index in [0.29, 0.717) is 43.9 Å². The van der Waals surface area contributed by atoms with E-state index in [-0.39, 0.29) is 37.2 Å². The van der Waals surface area contributed by atoms with E-state index in [1.54, 1.807) is 36.4 Å². The number of esters is 1. The van der Waals surface area contributed by atoms with Gasteiger partial charge in [-0.25, -0.2) is 9.78 Å². The summed E-state index contributed by atoms with van der Waals surface area (Å²) in [5.41, 5.74) is 2.10. The average Bonchev–Trinajstić information content (AvgIpc) is 3.53. The maximum atomic E-state index is 13.8. The molecule has 0 fully saturated rings. The third-order valence-electron chi connectivity index (χ3n) is 6.27. The molecule has 0 aliphatic carbocycles. The standard InChI is InChI=1S/C28H27N3O6S2/c1-4-35-27(34)24-17(2)23-25(39-24)29-28(38-15-22(32)30(3)13-18-8-6-5-7-9-18)31(26(23)33)14-19-10-11-20-21(12-19)37-16-36-20/h5-12H,4,13-16H2,1-3H3. The van der Waals surface area contributed by atoms with Gasteiger partial charge in [0.05, 0.1) is 24.3 Å². The van der Waals surface area contributed by atoms with Gasteiger partial charge < -0.3 is 19.1 Å². The average molecular weight is 566 g/mol. The largest absolute Gasteiger partial charge is 0.462 e. The minimum atomic E-state index is -0.480. The molecule has 0 radical (unpaired) electrons. The van der Waals surface area contributed by atoms with Crippen LogP contribution in [0.3, 0.4) is 0 Å². The van der Waals surface area contributed by atoms with Crippen LogP contribution in [0.4, 0.5) is 0 Å². The fourth-order valence-electron chi connectivity index (χ4n) is 4.24. The Morgan fingerprint density at radius 3 is 2.67 bits per heavy atom. The number of ether oxygens (including phenoxy) is 3. The Hall–Kier alpha value is -3.83. The second-order valence-electron chi connectivity index (χ2n) is 8.95. The van der Waals surface area contributed by atoms with Gasteiger partial charge >= 0.3 is 5.97 Å². The van der Waals surface area contributed by atoms with Crippen molar-refractivity contribution in [3.8, 4) is 11.5 Å². The quantitative estimate of drug-likeness (QED) is 0.167. The molecule has 3 heterocycles. The van der Waals surface area contributed by atoms with Gasteiger partial charge in [-0.1, -0.05) is 48.2 Å². The lowest BCUT2D eigenvalue weighted by Crippen LogP contribution is -2.29. The number of aromatic nitrogens is 2. The van der Waals surface area contributed by atoms with Crippen molar-refractivity contribution in [2.24, 2.45) is 0 Å². The summed E-state index contributed by atoms with van der Waals surface area (Å²) in [6.45, 7) is 4.53. The molecule has 0 N–H and O–H groups in total. The molecule has 1 amide bonds. The number of hydrogen-bond acceptors (Lipinski definition) is 9. The van der Waals surface area contributed by atoms with Crippen molar-refractivity contribution >= 4 is 45.2 Å². The summed E-state index contributed by atoms with van der Waals surface area (Å²) < 4.78 is 17.6. The van der Waals surface area contributed by atoms with Crippen molar-refractivity contribution in [1.29, 1.82) is 0 Å². The van der Waals surface area contributed by atoms with Crippen molar-refractivity contribution in [1.82, 2.24) is 14.5 Å². The van der Waals surface area contributed by atoms with E-state index in [9.17, 15) is 14.4 Å². The first kappa shape index (κ1) is 26.8. The van der Waals surface area contributed by atoms with Crippen LogP contribution in [0.2, 0.25) is 0 Å². The Labute approximate surface area is 233 Å². The second-order valence-corrected chi connectivity index (χ2v) is 10.9. The Morgan fingerprint density at radius 1 is 1.13 bits per heavy atom. The summed E-state index contributed by atoms with van der Waals surface area (Å²) in [4.78, 5) is 46.5. The van der Waals surface area contributed by atoms with Gasteiger partial charge in [-0.15, -0.1) is 11.3 Å². The molecule has 0 bridgehead atoms. The van der Waals surface area contributed by atoms with Gasteiger partial charge in [0, 0.05) is 13.6 Å². The zero-order chi connectivity index (χ0) is 27.5. The number of fused-ring (bicyclic) bond motifs is 2. The van der Waals surface area contributed by atoms with Crippen LogP contribution in [-0.2, 0) is 22.6 Å². The number of aryl methyl sites for hydroxylation is 1. The van der Waals surface area contributed by atoms with Crippen LogP contribution in [0.25, 0.3) is 10.2 Å². The topological polar surface area (TPSA) is 100.0 Å². The lowest BCUT2D eigenvalue weighted by atomic mass is 10.2. The highest BCUT2D eigenvalue weighted by molar-refractivity contribution is 7.99. The van der Waals surface area contributed by atoms with E-state index in [1.165, 1.54) is 11.8 Å². The zero-order valence-electron chi connectivity index (χ0n) is 21.8. The van der Waals surface area contributed by atoms with Gasteiger partial charge in [0.2, 0.25) is 12.7 Å². The van der Waals surface area contributed by atoms with Crippen molar-refractivity contribution in [3.05, 3.63) is 80.5 Å². The Morgan fingerprint density at radius 2 is 1.90 bits per heavy atom. The molecular weight excluding hydrogens is 538 g/mol. The molecule has 0 unspecified atom stereocenters. The highest BCUT2D eigenvalue weighted by Gasteiger charge is 2.24. The van der Waals surface area contributed by atoms with Crippen LogP contribution in [0.5, 0.6) is 11.5 Å². The highest BCUT2D eigenvalue weighted by atomic mass is 32.2. The normalized spacial score (nSPS) is 12.1. The van der Waals surface area contributed by atoms with Crippen molar-refractivity contribution in [2.75, 3.05) is 26.2 Å². The molecule has 1 aliphatic heterocycles. The predicted octanol–water partition coefficient (Wildman–Crippen LogP) is 4.47. The molecule has 9 nitrogen and oxygen atoms in total. The highest BCUT2D eigenvalue weighted by Crippen LogP contribution is 2.34. The third kappa shape index (κ3) is 5.64. The first-order chi connectivity index (χ1) is 18.9. The molecule has 2 aromatic carbocycles. The molecule has 0 saturated heterocycles. The van der Waals surface area contributed by atoms with Gasteiger partial charge in [0.25, 0.3) is 5.56 Å². The van der Waals surface area contributed by atoms with E-state index in [4.69, 9.17) is 19.2 Å². The maximum Gasteiger partial charge on any atom is 0.348 e. The van der Waals surface area contributed by atoms with Crippen LogP contribution < -0.4 is 15.0 Å². The van der Waals surface area contributed by atoms with Gasteiger partial charge in [-0.3, -0.25) is 14.2 Å². The van der Waals surface area contributed by atoms with Crippen LogP contribution in [0.15, 0.2) is 58.5 Å². The van der Waals surface area contributed by atoms with Crippen molar-refractivity contribution in [2.45, 2.75) is 32.1 Å². The lowest BCUT2D eigenvalue weighted by molar-refractivity contribution is -0.127. The fraction of sp³-hybridized carbons (Fsp3) is 0.286. The first-order valence-corrected chi connectivity index (χ1v) is 14.2. The second kappa shape index (κ2) is 11.5. The molecule has 202 valence electrons. The van der Waals surface area contributed by atoms with Crippen LogP contribution in [0, 0.1) is 6.92 Å². The van der Waals surface area contributed by atoms with E-state index < -0.39 is 5.97 Å². The van der Waals surface area contributed by atoms with Gasteiger partial charge in [0.15, 0.2) is 16.7 Å². The van der Waals surface area contributed by atoms with Crippen molar-refractivity contribution < 1.29 is 23.8 Å². The van der Waals surface area contributed by atoms with Crippen LogP contribution >= 0.6 is 23.1 Å². The van der Waals surface area contributed by atoms with Gasteiger partial charge in [-0.2, -0.15) is 0 Å².